The van der Waals surface area contributed by atoms with E-state index in [0.717, 1.165) is 70.6 Å². The molecule has 0 heterocycles. The van der Waals surface area contributed by atoms with Gasteiger partial charge in [-0.15, -0.1) is 0 Å². The van der Waals surface area contributed by atoms with E-state index in [4.69, 9.17) is 9.05 Å². The largest absolute Gasteiger partial charge is 0.472 e. The van der Waals surface area contributed by atoms with Gasteiger partial charge in [-0.05, 0) is 77.0 Å². The van der Waals surface area contributed by atoms with Gasteiger partial charge < -0.3 is 19.8 Å². The highest BCUT2D eigenvalue weighted by Crippen LogP contribution is 2.43. The van der Waals surface area contributed by atoms with E-state index in [-0.39, 0.29) is 19.1 Å². The minimum Gasteiger partial charge on any atom is -0.387 e. The Hall–Kier alpha value is -1.80. The average Bonchev–Trinajstić information content (AvgIpc) is 3.21. The molecule has 8 nitrogen and oxygen atoms in total. The number of aliphatic hydroxyl groups excluding tert-OH is 1. The second-order valence-corrected chi connectivity index (χ2v) is 19.6. The fraction of sp³-hybridized carbons (Fsp3) is 0.788. The molecular weight excluding hydrogens is 780 g/mol. The summed E-state index contributed by atoms with van der Waals surface area (Å²) in [5, 5.41) is 13.8. The molecule has 9 heteroatoms. The molecule has 0 aliphatic heterocycles. The monoisotopic (exact) mass is 878 g/mol. The number of nitrogens with zero attached hydrogens (tertiary/aromatic N) is 1. The molecule has 0 radical (unpaired) electrons. The molecule has 1 amide bonds. The van der Waals surface area contributed by atoms with Crippen molar-refractivity contribution >= 4 is 13.7 Å². The number of aliphatic hydroxyl groups is 1. The lowest BCUT2D eigenvalue weighted by atomic mass is 10.0. The molecule has 356 valence electrons. The van der Waals surface area contributed by atoms with Gasteiger partial charge in [0.2, 0.25) is 5.91 Å². The summed E-state index contributed by atoms with van der Waals surface area (Å²) in [5.74, 6) is -0.206. The van der Waals surface area contributed by atoms with Crippen molar-refractivity contribution in [3.63, 3.8) is 0 Å². The van der Waals surface area contributed by atoms with Crippen LogP contribution in [0.3, 0.4) is 0 Å². The molecule has 0 aromatic carbocycles. The van der Waals surface area contributed by atoms with Gasteiger partial charge in [0, 0.05) is 6.42 Å². The summed E-state index contributed by atoms with van der Waals surface area (Å²) in [5.41, 5.74) is 0. The number of unbranched alkanes of at least 4 members (excludes halogenated alkanes) is 24. The molecule has 0 aromatic rings. The molecule has 0 spiro atoms. The molecule has 0 fully saturated rings. The summed E-state index contributed by atoms with van der Waals surface area (Å²) in [4.78, 5) is 23.2. The van der Waals surface area contributed by atoms with Gasteiger partial charge in [0.15, 0.2) is 0 Å². The summed E-state index contributed by atoms with van der Waals surface area (Å²) in [7, 11) is 1.53. The molecule has 3 unspecified atom stereocenters. The number of quaternary nitrogens is 1. The van der Waals surface area contributed by atoms with Crippen molar-refractivity contribution in [1.29, 1.82) is 0 Å². The van der Waals surface area contributed by atoms with Crippen molar-refractivity contribution in [2.24, 2.45) is 0 Å². The molecule has 0 saturated carbocycles. The van der Waals surface area contributed by atoms with Crippen LogP contribution in [0.25, 0.3) is 0 Å². The molecular formula is C52H98N2O6P+. The number of likely N-dealkylation sites (N-methyl/N-ethyl adjacent to an activating group) is 1. The van der Waals surface area contributed by atoms with Crippen LogP contribution in [0.1, 0.15) is 213 Å². The van der Waals surface area contributed by atoms with Crippen LogP contribution in [-0.2, 0) is 18.4 Å². The lowest BCUT2D eigenvalue weighted by Gasteiger charge is -2.25. The Kier molecular flexibility index (Phi) is 42.2. The van der Waals surface area contributed by atoms with E-state index in [2.05, 4.69) is 67.8 Å². The van der Waals surface area contributed by atoms with Crippen LogP contribution in [0.5, 0.6) is 0 Å². The Balaban J connectivity index is 4.41. The standard InChI is InChI=1S/C52H97N2O6P/c1-6-8-10-12-14-16-18-20-22-23-24-25-26-27-28-29-30-32-33-35-37-39-41-43-45-51(55)50(49-60-61(57,58)59-48-47-54(3,4)5)53-52(56)46-44-42-40-38-36-34-31-21-19-17-15-13-11-9-7-2/h15,17,21,29-31,35,37,43,45,50-51,55H,6-14,16,18-20,22-28,32-34,36,38-42,44,46-49H2,1-5H3,(H-,53,56,57,58)/p+1/b17-15-,30-29+,31-21-,37-35+,45-43+. The van der Waals surface area contributed by atoms with Crippen LogP contribution in [0.4, 0.5) is 0 Å². The molecule has 0 bridgehead atoms. The number of carbonyl (C=O) groups excluding carboxylic acids is 1. The zero-order valence-electron chi connectivity index (χ0n) is 40.4. The van der Waals surface area contributed by atoms with Gasteiger partial charge in [-0.2, -0.15) is 0 Å². The third-order valence-corrected chi connectivity index (χ3v) is 11.9. The van der Waals surface area contributed by atoms with Gasteiger partial charge in [-0.3, -0.25) is 13.8 Å². The van der Waals surface area contributed by atoms with Crippen LogP contribution in [-0.4, -0.2) is 73.4 Å². The fourth-order valence-corrected chi connectivity index (χ4v) is 7.66. The Labute approximate surface area is 377 Å². The van der Waals surface area contributed by atoms with Crippen LogP contribution >= 0.6 is 7.82 Å². The summed E-state index contributed by atoms with van der Waals surface area (Å²) in [6, 6.07) is -0.879. The molecule has 3 N–H and O–H groups in total. The lowest BCUT2D eigenvalue weighted by molar-refractivity contribution is -0.870. The van der Waals surface area contributed by atoms with E-state index < -0.39 is 20.0 Å². The maximum Gasteiger partial charge on any atom is 0.472 e. The summed E-state index contributed by atoms with van der Waals surface area (Å²) in [6.45, 7) is 4.75. The minimum absolute atomic E-state index is 0.0485. The molecule has 0 aromatic heterocycles. The third kappa shape index (κ3) is 46.0. The smallest absolute Gasteiger partial charge is 0.387 e. The highest BCUT2D eigenvalue weighted by Gasteiger charge is 2.27. The van der Waals surface area contributed by atoms with Crippen LogP contribution in [0.2, 0.25) is 0 Å². The minimum atomic E-state index is -4.36. The molecule has 0 aliphatic rings. The second kappa shape index (κ2) is 43.5. The normalized spacial score (nSPS) is 14.7. The lowest BCUT2D eigenvalue weighted by Crippen LogP contribution is -2.45. The van der Waals surface area contributed by atoms with Crippen LogP contribution in [0, 0.1) is 0 Å². The Morgan fingerprint density at radius 1 is 0.557 bits per heavy atom. The predicted octanol–water partition coefficient (Wildman–Crippen LogP) is 14.6. The van der Waals surface area contributed by atoms with Crippen molar-refractivity contribution in [1.82, 2.24) is 5.32 Å². The molecule has 61 heavy (non-hydrogen) atoms. The van der Waals surface area contributed by atoms with Crippen molar-refractivity contribution in [2.45, 2.75) is 225 Å². The summed E-state index contributed by atoms with van der Waals surface area (Å²) in [6.07, 6.45) is 57.4. The quantitative estimate of drug-likeness (QED) is 0.0244. The number of rotatable bonds is 45. The van der Waals surface area contributed by atoms with Crippen molar-refractivity contribution < 1.29 is 32.9 Å². The maximum absolute atomic E-state index is 12.9. The van der Waals surface area contributed by atoms with Crippen molar-refractivity contribution in [3.05, 3.63) is 60.8 Å². The van der Waals surface area contributed by atoms with E-state index in [1.807, 2.05) is 27.2 Å². The van der Waals surface area contributed by atoms with Gasteiger partial charge in [0.05, 0.1) is 39.9 Å². The van der Waals surface area contributed by atoms with Gasteiger partial charge in [0.1, 0.15) is 13.2 Å². The first-order valence-corrected chi connectivity index (χ1v) is 26.7. The number of amides is 1. The van der Waals surface area contributed by atoms with Gasteiger partial charge in [-0.25, -0.2) is 4.57 Å². The number of allylic oxidation sites excluding steroid dienone is 9. The topological polar surface area (TPSA) is 105 Å². The first-order valence-electron chi connectivity index (χ1n) is 25.2. The maximum atomic E-state index is 12.9. The van der Waals surface area contributed by atoms with Crippen molar-refractivity contribution in [2.75, 3.05) is 40.9 Å². The highest BCUT2D eigenvalue weighted by molar-refractivity contribution is 7.47. The zero-order valence-corrected chi connectivity index (χ0v) is 41.3. The van der Waals surface area contributed by atoms with E-state index in [0.29, 0.717) is 17.4 Å². The second-order valence-electron chi connectivity index (χ2n) is 18.2. The van der Waals surface area contributed by atoms with E-state index >= 15 is 0 Å². The van der Waals surface area contributed by atoms with Crippen molar-refractivity contribution in [3.8, 4) is 0 Å². The molecule has 0 aliphatic carbocycles. The van der Waals surface area contributed by atoms with Gasteiger partial charge >= 0.3 is 7.82 Å². The van der Waals surface area contributed by atoms with E-state index in [9.17, 15) is 19.4 Å². The number of phosphoric acid groups is 1. The van der Waals surface area contributed by atoms with Crippen LogP contribution in [0.15, 0.2) is 60.8 Å². The Morgan fingerprint density at radius 3 is 1.44 bits per heavy atom. The van der Waals surface area contributed by atoms with E-state index in [1.165, 1.54) is 122 Å². The highest BCUT2D eigenvalue weighted by atomic mass is 31.2. The van der Waals surface area contributed by atoms with Crippen LogP contribution < -0.4 is 5.32 Å². The third-order valence-electron chi connectivity index (χ3n) is 10.9. The summed E-state index contributed by atoms with van der Waals surface area (Å²) >= 11 is 0. The number of carbonyl (C=O) groups is 1. The predicted molar refractivity (Wildman–Crippen MR) is 263 cm³/mol. The zero-order chi connectivity index (χ0) is 45.0. The molecule has 0 saturated heterocycles. The first-order chi connectivity index (χ1) is 29.5. The van der Waals surface area contributed by atoms with E-state index in [1.54, 1.807) is 6.08 Å². The summed E-state index contributed by atoms with van der Waals surface area (Å²) < 4.78 is 23.6. The SMILES string of the molecule is CCCCC/C=C\C/C=C\CCCCCCCC(=O)NC(COP(=O)(O)OCC[N+](C)(C)C)C(O)/C=C/CC/C=C/CC/C=C/CCCCCCCCCCCCCCCC. The first kappa shape index (κ1) is 59.2. The number of phosphoric ester groups is 1. The molecule has 3 atom stereocenters. The van der Waals surface area contributed by atoms with Gasteiger partial charge in [-0.1, -0.05) is 190 Å². The number of hydrogen-bond acceptors (Lipinski definition) is 5. The van der Waals surface area contributed by atoms with Gasteiger partial charge in [0.25, 0.3) is 0 Å². The average molecular weight is 878 g/mol. The fourth-order valence-electron chi connectivity index (χ4n) is 6.93. The Morgan fingerprint density at radius 2 is 0.951 bits per heavy atom. The number of hydrogen-bond donors (Lipinski definition) is 3. The Bertz CT molecular complexity index is 1180. The number of nitrogens with one attached hydrogen (secondary N) is 1. The molecule has 0 rings (SSSR count).